The summed E-state index contributed by atoms with van der Waals surface area (Å²) < 4.78 is 165. The third-order valence-corrected chi connectivity index (χ3v) is 4.67. The van der Waals surface area contributed by atoms with Crippen molar-refractivity contribution in [1.29, 1.82) is 0 Å². The van der Waals surface area contributed by atoms with Crippen molar-refractivity contribution in [2.75, 3.05) is 32.9 Å². The average molecular weight is 494 g/mol. The zero-order valence-corrected chi connectivity index (χ0v) is 16.0. The molecule has 0 saturated carbocycles. The minimum atomic E-state index is -7.25. The van der Waals surface area contributed by atoms with Crippen LogP contribution in [0.1, 0.15) is 12.8 Å². The molecule has 0 bridgehead atoms. The summed E-state index contributed by atoms with van der Waals surface area (Å²) in [4.78, 5) is 0. The van der Waals surface area contributed by atoms with E-state index in [1.165, 1.54) is 14.1 Å². The lowest BCUT2D eigenvalue weighted by Gasteiger charge is -2.33. The largest absolute Gasteiger partial charge is 0.633 e. The minimum absolute atomic E-state index is 0.107. The van der Waals surface area contributed by atoms with E-state index < -0.39 is 63.6 Å². The van der Waals surface area contributed by atoms with Crippen LogP contribution in [-0.2, 0) is 14.8 Å². The van der Waals surface area contributed by atoms with Gasteiger partial charge in [0.15, 0.2) is 0 Å². The van der Waals surface area contributed by atoms with Gasteiger partial charge in [-0.2, -0.15) is 48.3 Å². The maximum Gasteiger partial charge on any atom is 0.462 e. The fourth-order valence-electron chi connectivity index (χ4n) is 1.63. The van der Waals surface area contributed by atoms with Crippen LogP contribution in [0.5, 0.6) is 0 Å². The van der Waals surface area contributed by atoms with Gasteiger partial charge >= 0.3 is 30.2 Å². The van der Waals surface area contributed by atoms with Crippen molar-refractivity contribution in [1.82, 2.24) is 4.72 Å². The number of ether oxygens (including phenoxy) is 1. The topological polar surface area (TPSA) is 78.5 Å². The number of nitrogens with zero attached hydrogens (tertiary/aromatic N) is 1. The highest BCUT2D eigenvalue weighted by Gasteiger charge is 2.78. The zero-order valence-electron chi connectivity index (χ0n) is 15.2. The summed E-state index contributed by atoms with van der Waals surface area (Å²) in [6.07, 6.45) is -23.4. The van der Waals surface area contributed by atoms with Crippen LogP contribution in [0.2, 0.25) is 0 Å². The van der Waals surface area contributed by atoms with Crippen LogP contribution in [-0.4, -0.2) is 76.2 Å². The molecule has 0 spiro atoms. The van der Waals surface area contributed by atoms with Gasteiger partial charge in [-0.1, -0.05) is 0 Å². The molecule has 18 heteroatoms. The Morgan fingerprint density at radius 3 is 1.77 bits per heavy atom. The number of sulfonamides is 1. The van der Waals surface area contributed by atoms with Gasteiger partial charge in [0.25, 0.3) is 0 Å². The van der Waals surface area contributed by atoms with E-state index in [4.69, 9.17) is 0 Å². The number of alkyl halides is 11. The molecule has 182 valence electrons. The highest BCUT2D eigenvalue weighted by Crippen LogP contribution is 2.51. The molecule has 0 aromatic carbocycles. The fourth-order valence-corrected chi connectivity index (χ4v) is 2.76. The van der Waals surface area contributed by atoms with E-state index in [1.54, 1.807) is 4.72 Å². The maximum atomic E-state index is 13.4. The fraction of sp³-hybridized carbons (Fsp3) is 1.00. The molecule has 0 atom stereocenters. The molecular weight excluding hydrogens is 477 g/mol. The first-order valence-corrected chi connectivity index (χ1v) is 9.32. The van der Waals surface area contributed by atoms with Crippen LogP contribution in [0.3, 0.4) is 0 Å². The Kier molecular flexibility index (Phi) is 8.58. The standard InChI is InChI=1S/C12H17F11N2O4S/c1-25(2,26)6-3-5-24-30(27,28)7-4-8(13,14)11(20,21)29-12(22,23)9(15,16)10(17,18)19/h24H,3-7H2,1-2H3. The molecule has 0 rings (SSSR count). The molecule has 0 heterocycles. The molecule has 0 aliphatic rings. The van der Waals surface area contributed by atoms with E-state index in [0.29, 0.717) is 0 Å². The summed E-state index contributed by atoms with van der Waals surface area (Å²) >= 11 is 0. The second kappa shape index (κ2) is 8.87. The molecule has 30 heavy (non-hydrogen) atoms. The highest BCUT2D eigenvalue weighted by atomic mass is 32.2. The number of halogens is 11. The molecule has 0 aliphatic heterocycles. The quantitative estimate of drug-likeness (QED) is 0.196. The van der Waals surface area contributed by atoms with Gasteiger partial charge in [0.2, 0.25) is 10.0 Å². The number of hydrogen-bond donors (Lipinski definition) is 1. The Morgan fingerprint density at radius 2 is 1.37 bits per heavy atom. The van der Waals surface area contributed by atoms with E-state index in [2.05, 4.69) is 0 Å². The predicted molar refractivity (Wildman–Crippen MR) is 78.3 cm³/mol. The second-order valence-electron chi connectivity index (χ2n) is 6.53. The molecule has 0 radical (unpaired) electrons. The van der Waals surface area contributed by atoms with Crippen molar-refractivity contribution in [2.45, 2.75) is 43.1 Å². The van der Waals surface area contributed by atoms with Gasteiger partial charge in [-0.25, -0.2) is 17.9 Å². The first-order valence-electron chi connectivity index (χ1n) is 7.66. The van der Waals surface area contributed by atoms with Gasteiger partial charge in [0, 0.05) is 19.4 Å². The van der Waals surface area contributed by atoms with Gasteiger partial charge in [0.1, 0.15) is 0 Å². The Morgan fingerprint density at radius 1 is 0.900 bits per heavy atom. The number of quaternary nitrogens is 1. The summed E-state index contributed by atoms with van der Waals surface area (Å²) in [5.74, 6) is -15.0. The van der Waals surface area contributed by atoms with Gasteiger partial charge in [0.05, 0.1) is 26.4 Å². The maximum absolute atomic E-state index is 13.4. The number of nitrogens with one attached hydrogen (secondary N) is 1. The lowest BCUT2D eigenvalue weighted by atomic mass is 10.2. The van der Waals surface area contributed by atoms with E-state index in [9.17, 15) is 61.9 Å². The van der Waals surface area contributed by atoms with Gasteiger partial charge in [-0.3, -0.25) is 0 Å². The Labute approximate surface area is 163 Å². The molecule has 1 N–H and O–H groups in total. The Hall–Kier alpha value is -0.980. The van der Waals surface area contributed by atoms with E-state index in [1.807, 2.05) is 4.74 Å². The van der Waals surface area contributed by atoms with Gasteiger partial charge < -0.3 is 9.85 Å². The summed E-state index contributed by atoms with van der Waals surface area (Å²) in [7, 11) is -2.35. The monoisotopic (exact) mass is 494 g/mol. The molecule has 0 saturated heterocycles. The van der Waals surface area contributed by atoms with Crippen LogP contribution < -0.4 is 4.72 Å². The number of hydrogen-bond acceptors (Lipinski definition) is 4. The second-order valence-corrected chi connectivity index (χ2v) is 8.45. The first-order chi connectivity index (χ1) is 12.9. The molecule has 0 fully saturated rings. The molecular formula is C12H17F11N2O4S. The number of rotatable bonds is 12. The van der Waals surface area contributed by atoms with Crippen molar-refractivity contribution in [2.24, 2.45) is 0 Å². The third kappa shape index (κ3) is 7.93. The Balaban J connectivity index is 5.13. The van der Waals surface area contributed by atoms with Gasteiger partial charge in [-0.05, 0) is 0 Å². The van der Waals surface area contributed by atoms with Crippen molar-refractivity contribution >= 4 is 10.0 Å². The molecule has 0 amide bonds. The third-order valence-electron chi connectivity index (χ3n) is 3.28. The summed E-state index contributed by atoms with van der Waals surface area (Å²) in [5.41, 5.74) is 0. The first kappa shape index (κ1) is 29.0. The minimum Gasteiger partial charge on any atom is -0.633 e. The lowest BCUT2D eigenvalue weighted by molar-refractivity contribution is -0.840. The van der Waals surface area contributed by atoms with Crippen LogP contribution in [0.15, 0.2) is 0 Å². The number of hydroxylamine groups is 3. The van der Waals surface area contributed by atoms with E-state index in [-0.39, 0.29) is 13.0 Å². The molecule has 0 aliphatic carbocycles. The zero-order chi connectivity index (χ0) is 24.4. The van der Waals surface area contributed by atoms with Crippen molar-refractivity contribution in [3.63, 3.8) is 0 Å². The van der Waals surface area contributed by atoms with Crippen LogP contribution in [0.25, 0.3) is 0 Å². The van der Waals surface area contributed by atoms with Gasteiger partial charge in [-0.15, -0.1) is 0 Å². The lowest BCUT2D eigenvalue weighted by Crippen LogP contribution is -2.58. The average Bonchev–Trinajstić information content (AvgIpc) is 2.46. The molecule has 0 aromatic heterocycles. The van der Waals surface area contributed by atoms with E-state index in [0.717, 1.165) is 0 Å². The van der Waals surface area contributed by atoms with E-state index >= 15 is 0 Å². The van der Waals surface area contributed by atoms with Crippen LogP contribution >= 0.6 is 0 Å². The van der Waals surface area contributed by atoms with Crippen molar-refractivity contribution < 1.29 is 66.1 Å². The molecule has 0 aromatic rings. The van der Waals surface area contributed by atoms with Crippen molar-refractivity contribution in [3.8, 4) is 0 Å². The smallest absolute Gasteiger partial charge is 0.462 e. The highest BCUT2D eigenvalue weighted by molar-refractivity contribution is 7.89. The van der Waals surface area contributed by atoms with Crippen LogP contribution in [0.4, 0.5) is 48.3 Å². The normalized spacial score (nSPS) is 15.5. The summed E-state index contributed by atoms with van der Waals surface area (Å²) in [6, 6.07) is 0. The van der Waals surface area contributed by atoms with Crippen molar-refractivity contribution in [3.05, 3.63) is 5.21 Å². The summed E-state index contributed by atoms with van der Waals surface area (Å²) in [5, 5.41) is 11.2. The Bertz CT molecular complexity index is 675. The predicted octanol–water partition coefficient (Wildman–Crippen LogP) is 3.30. The summed E-state index contributed by atoms with van der Waals surface area (Å²) in [6.45, 7) is -0.617. The molecule has 0 unspecified atom stereocenters. The SMILES string of the molecule is C[N+](C)([O-])CCCNS(=O)(=O)CCC(F)(F)C(F)(F)OC(F)(F)C(F)(F)C(F)(F)F. The van der Waals surface area contributed by atoms with Crippen LogP contribution in [0, 0.1) is 5.21 Å². The molecule has 6 nitrogen and oxygen atoms in total.